The van der Waals surface area contributed by atoms with Crippen molar-refractivity contribution in [3.05, 3.63) is 48.3 Å². The molecule has 21 heteroatoms. The van der Waals surface area contributed by atoms with Gasteiger partial charge in [0.15, 0.2) is 17.0 Å². The van der Waals surface area contributed by atoms with Crippen LogP contribution in [0.5, 0.6) is 5.75 Å². The molecule has 5 N–H and O–H groups in total. The second kappa shape index (κ2) is 20.9. The maximum Gasteiger partial charge on any atom is 0.710 e. The van der Waals surface area contributed by atoms with Crippen LogP contribution in [0.4, 0.5) is 11.8 Å². The first-order valence-electron chi connectivity index (χ1n) is 18.5. The van der Waals surface area contributed by atoms with Crippen LogP contribution in [0.25, 0.3) is 11.2 Å². The van der Waals surface area contributed by atoms with Crippen molar-refractivity contribution in [2.24, 2.45) is 5.92 Å². The lowest BCUT2D eigenvalue weighted by Gasteiger charge is -2.16. The van der Waals surface area contributed by atoms with E-state index in [1.165, 1.54) is 38.5 Å². The molecule has 0 bridgehead atoms. The molecule has 18 nitrogen and oxygen atoms in total. The number of rotatable bonds is 26. The number of aromatic nitrogens is 4. The fourth-order valence-electron chi connectivity index (χ4n) is 5.90. The van der Waals surface area contributed by atoms with Crippen molar-refractivity contribution in [2.45, 2.75) is 109 Å². The number of imidazole rings is 1. The fraction of sp³-hybridized carbons (Fsp3) is 0.588. The Morgan fingerprint density at radius 1 is 1.00 bits per heavy atom. The summed E-state index contributed by atoms with van der Waals surface area (Å²) in [6.45, 7) is 1.24. The Hall–Kier alpha value is -3.14. The molecular weight excluding hydrogens is 777 g/mol. The number of carbonyl (C=O) groups excluding carboxylic acids is 1. The van der Waals surface area contributed by atoms with Crippen molar-refractivity contribution in [1.29, 1.82) is 0 Å². The average Bonchev–Trinajstić information content (AvgIpc) is 3.64. The number of nitrogens with one attached hydrogen (secondary N) is 1. The summed E-state index contributed by atoms with van der Waals surface area (Å²) >= 11 is 0. The Morgan fingerprint density at radius 3 is 2.42 bits per heavy atom. The van der Waals surface area contributed by atoms with Crippen LogP contribution in [-0.2, 0) is 47.5 Å². The summed E-state index contributed by atoms with van der Waals surface area (Å²) in [4.78, 5) is 45.2. The quantitative estimate of drug-likeness (QED) is 0.0149. The minimum atomic E-state index is -5.37. The van der Waals surface area contributed by atoms with Crippen LogP contribution < -0.4 is 15.8 Å². The van der Waals surface area contributed by atoms with E-state index < -0.39 is 30.7 Å². The third-order valence-electron chi connectivity index (χ3n) is 8.84. The van der Waals surface area contributed by atoms with E-state index in [1.807, 2.05) is 10.6 Å². The number of hydrogen-bond acceptors (Lipinski definition) is 15. The Morgan fingerprint density at radius 2 is 1.71 bits per heavy atom. The molecule has 1 saturated carbocycles. The summed E-state index contributed by atoms with van der Waals surface area (Å²) < 4.78 is 67.7. The number of anilines is 2. The van der Waals surface area contributed by atoms with Gasteiger partial charge in [0.25, 0.3) is 0 Å². The molecule has 2 aliphatic rings. The number of esters is 1. The molecule has 2 aliphatic carbocycles. The molecule has 1 aromatic carbocycles. The van der Waals surface area contributed by atoms with E-state index in [-0.39, 0.29) is 37.1 Å². The van der Waals surface area contributed by atoms with Crippen molar-refractivity contribution in [3.63, 3.8) is 0 Å². The number of allylic oxidation sites excluding steroid dienone is 1. The maximum absolute atomic E-state index is 12.5. The largest absolute Gasteiger partial charge is 0.710 e. The van der Waals surface area contributed by atoms with Crippen molar-refractivity contribution in [2.75, 3.05) is 24.5 Å². The van der Waals surface area contributed by atoms with Crippen LogP contribution in [0.2, 0.25) is 0 Å². The number of nitrogens with zero attached hydrogens (tertiary/aromatic N) is 4. The molecule has 3 aromatic rings. The molecule has 2 aromatic heterocycles. The number of fused-ring (bicyclic) bond motifs is 1. The molecule has 4 unspecified atom stereocenters. The zero-order valence-electron chi connectivity index (χ0n) is 30.8. The lowest BCUT2D eigenvalue weighted by Crippen LogP contribution is -2.11. The number of nitrogen functional groups attached to an aromatic ring is 1. The van der Waals surface area contributed by atoms with Gasteiger partial charge < -0.3 is 30.0 Å². The monoisotopic (exact) mass is 827 g/mol. The predicted octanol–water partition coefficient (Wildman–Crippen LogP) is 8.03. The van der Waals surface area contributed by atoms with Gasteiger partial charge in [-0.2, -0.15) is 14.3 Å². The van der Waals surface area contributed by atoms with Gasteiger partial charge in [0.1, 0.15) is 5.75 Å². The second-order valence-corrected chi connectivity index (χ2v) is 17.7. The molecule has 0 amide bonds. The van der Waals surface area contributed by atoms with Gasteiger partial charge in [0.2, 0.25) is 12.7 Å². The highest BCUT2D eigenvalue weighted by Gasteiger charge is 2.44. The van der Waals surface area contributed by atoms with Gasteiger partial charge in [-0.15, -0.1) is 0 Å². The number of ether oxygens (including phenoxy) is 2. The van der Waals surface area contributed by atoms with Crippen LogP contribution in [0, 0.1) is 5.92 Å². The Balaban J connectivity index is 0.943. The van der Waals surface area contributed by atoms with Crippen molar-refractivity contribution in [3.8, 4) is 5.75 Å². The molecule has 0 saturated heterocycles. The van der Waals surface area contributed by atoms with E-state index in [0.717, 1.165) is 32.1 Å². The minimum Gasteiger partial charge on any atom is -0.427 e. The lowest BCUT2D eigenvalue weighted by atomic mass is 10.1. The first-order chi connectivity index (χ1) is 26.4. The van der Waals surface area contributed by atoms with Crippen LogP contribution in [0.3, 0.4) is 0 Å². The van der Waals surface area contributed by atoms with Crippen molar-refractivity contribution < 1.29 is 55.4 Å². The standard InChI is InChI=1S/C34H49N6O12P3/c1-2-3-4-5-6-7-8-9-10-11-30(41)50-29-18-13-25(14-19-29)21-47-24-48-53(42)51-55(45,46)52-54(43,44)49-22-26-12-17-28(20-26)40-23-36-31-32(37-27-15-16-27)38-34(35)39-33(31)40/h12-14,17-19,23,26-28H,2-11,15-16,20-22,24H2,1H3,(H4-,35,37,38,39,43,44,45,46)/p+1/t26-,28?/m1/s1. The van der Waals surface area contributed by atoms with Gasteiger partial charge in [0.05, 0.1) is 25.6 Å². The molecule has 1 fully saturated rings. The van der Waals surface area contributed by atoms with Gasteiger partial charge in [-0.05, 0) is 47.7 Å². The highest BCUT2D eigenvalue weighted by atomic mass is 31.3. The second-order valence-electron chi connectivity index (χ2n) is 13.5. The van der Waals surface area contributed by atoms with Crippen molar-refractivity contribution >= 4 is 52.8 Å². The highest BCUT2D eigenvalue weighted by Crippen LogP contribution is 2.64. The molecule has 0 aliphatic heterocycles. The van der Waals surface area contributed by atoms with E-state index >= 15 is 0 Å². The Bertz CT molecular complexity index is 1860. The summed E-state index contributed by atoms with van der Waals surface area (Å²) in [6.07, 6.45) is 18.5. The van der Waals surface area contributed by atoms with Gasteiger partial charge in [-0.1, -0.05) is 87.1 Å². The molecule has 0 spiro atoms. The third-order valence-corrected chi connectivity index (χ3v) is 12.6. The SMILES string of the molecule is CCCCCCCCCCCC(=O)Oc1ccc(COCO[P+](=O)OP(=O)(O)OP(=O)(O)OC[C@@H]2C=CC(n3cnc4c(NC5CC5)nc(N)nc43)C2)cc1. The topological polar surface area (TPSA) is 246 Å². The lowest BCUT2D eigenvalue weighted by molar-refractivity contribution is -0.134. The van der Waals surface area contributed by atoms with E-state index in [1.54, 1.807) is 36.7 Å². The van der Waals surface area contributed by atoms with Crippen LogP contribution >= 0.6 is 23.9 Å². The summed E-state index contributed by atoms with van der Waals surface area (Å²) in [5, 5.41) is 3.30. The van der Waals surface area contributed by atoms with Gasteiger partial charge >= 0.3 is 29.9 Å². The number of nitrogens with two attached hydrogens (primary N) is 1. The normalized spacial score (nSPS) is 19.3. The molecule has 2 heterocycles. The minimum absolute atomic E-state index is 0.00318. The molecule has 55 heavy (non-hydrogen) atoms. The smallest absolute Gasteiger partial charge is 0.427 e. The van der Waals surface area contributed by atoms with E-state index in [2.05, 4.69) is 35.8 Å². The van der Waals surface area contributed by atoms with E-state index in [4.69, 9.17) is 24.3 Å². The predicted molar refractivity (Wildman–Crippen MR) is 203 cm³/mol. The molecule has 0 radical (unpaired) electrons. The number of hydrogen-bond donors (Lipinski definition) is 4. The Kier molecular flexibility index (Phi) is 16.3. The van der Waals surface area contributed by atoms with Gasteiger partial charge in [-0.3, -0.25) is 14.2 Å². The van der Waals surface area contributed by atoms with Crippen LogP contribution in [-0.4, -0.2) is 54.7 Å². The molecule has 5 atom stereocenters. The third kappa shape index (κ3) is 14.7. The molecular formula is C34H50N6O12P3+. The Labute approximate surface area is 320 Å². The number of unbranched alkanes of at least 4 members (excludes halogenated alkanes) is 8. The first-order valence-corrected chi connectivity index (χ1v) is 22.6. The zero-order valence-corrected chi connectivity index (χ0v) is 33.5. The van der Waals surface area contributed by atoms with Gasteiger partial charge in [0, 0.05) is 22.9 Å². The molecule has 5 rings (SSSR count). The average molecular weight is 828 g/mol. The van der Waals surface area contributed by atoms with Crippen LogP contribution in [0.1, 0.15) is 102 Å². The summed E-state index contributed by atoms with van der Waals surface area (Å²) in [6, 6.07) is 6.66. The number of phosphoric acid groups is 2. The molecule has 302 valence electrons. The summed E-state index contributed by atoms with van der Waals surface area (Å²) in [5.74, 6) is 0.364. The number of benzene rings is 1. The number of phosphoric ester groups is 1. The van der Waals surface area contributed by atoms with Crippen molar-refractivity contribution in [1.82, 2.24) is 19.5 Å². The highest BCUT2D eigenvalue weighted by molar-refractivity contribution is 7.64. The summed E-state index contributed by atoms with van der Waals surface area (Å²) in [7, 11) is -13.8. The fourth-order valence-corrected chi connectivity index (χ4v) is 8.93. The number of carbonyl (C=O) groups is 1. The maximum atomic E-state index is 12.5. The van der Waals surface area contributed by atoms with E-state index in [0.29, 0.717) is 47.2 Å². The first kappa shape index (κ1) is 43.0. The zero-order chi connectivity index (χ0) is 39.3. The van der Waals surface area contributed by atoms with Gasteiger partial charge in [-0.25, -0.2) is 14.1 Å². The summed E-state index contributed by atoms with van der Waals surface area (Å²) in [5.41, 5.74) is 7.70. The van der Waals surface area contributed by atoms with Crippen LogP contribution in [0.15, 0.2) is 42.7 Å². The van der Waals surface area contributed by atoms with E-state index in [9.17, 15) is 28.3 Å².